The maximum absolute atomic E-state index is 10.3. The fourth-order valence-electron chi connectivity index (χ4n) is 3.70. The monoisotopic (exact) mass is 454 g/mol. The number of imidazole rings is 2. The highest BCUT2D eigenvalue weighted by Gasteiger charge is 2.31. The van der Waals surface area contributed by atoms with Crippen LogP contribution in [0.1, 0.15) is 25.0 Å². The molecule has 1 aliphatic rings. The average Bonchev–Trinajstić information content (AvgIpc) is 3.48. The van der Waals surface area contributed by atoms with Crippen LogP contribution in [0.15, 0.2) is 61.4 Å². The average molecular weight is 455 g/mol. The van der Waals surface area contributed by atoms with Crippen molar-refractivity contribution < 1.29 is 24.4 Å². The minimum absolute atomic E-state index is 0.0463. The summed E-state index contributed by atoms with van der Waals surface area (Å²) >= 11 is 0. The number of ether oxygens (including phenoxy) is 3. The van der Waals surface area contributed by atoms with E-state index in [1.165, 1.54) is 0 Å². The van der Waals surface area contributed by atoms with E-state index < -0.39 is 5.60 Å². The molecular weight excluding hydrogens is 424 g/mol. The van der Waals surface area contributed by atoms with Gasteiger partial charge >= 0.3 is 0 Å². The fraction of sp³-hybridized carbons (Fsp3) is 0.417. The molecule has 2 unspecified atom stereocenters. The topological polar surface area (TPSA) is 103 Å². The lowest BCUT2D eigenvalue weighted by molar-refractivity contribution is -0.152. The summed E-state index contributed by atoms with van der Waals surface area (Å²) in [5.74, 6) is 0. The molecule has 1 fully saturated rings. The first-order valence-electron chi connectivity index (χ1n) is 10.9. The van der Waals surface area contributed by atoms with Gasteiger partial charge in [0, 0.05) is 37.2 Å². The molecule has 0 bridgehead atoms. The first-order chi connectivity index (χ1) is 15.9. The van der Waals surface area contributed by atoms with Crippen molar-refractivity contribution in [3.05, 3.63) is 72.6 Å². The minimum Gasteiger partial charge on any atom is -0.394 e. The Labute approximate surface area is 192 Å². The number of aliphatic hydroxyl groups excluding tert-OH is 1. The molecule has 176 valence electrons. The summed E-state index contributed by atoms with van der Waals surface area (Å²) in [6.07, 6.45) is 11.1. The van der Waals surface area contributed by atoms with Gasteiger partial charge in [-0.25, -0.2) is 9.97 Å². The predicted molar refractivity (Wildman–Crippen MR) is 122 cm³/mol. The van der Waals surface area contributed by atoms with Crippen molar-refractivity contribution in [2.75, 3.05) is 39.6 Å². The summed E-state index contributed by atoms with van der Waals surface area (Å²) in [4.78, 5) is 8.43. The molecule has 4 aromatic heterocycles. The van der Waals surface area contributed by atoms with Crippen molar-refractivity contribution in [1.29, 1.82) is 0 Å². The van der Waals surface area contributed by atoms with E-state index in [9.17, 15) is 5.11 Å². The van der Waals surface area contributed by atoms with Gasteiger partial charge in [-0.3, -0.25) is 0 Å². The van der Waals surface area contributed by atoms with Gasteiger partial charge in [-0.15, -0.1) is 0 Å². The lowest BCUT2D eigenvalue weighted by atomic mass is 9.97. The number of aromatic nitrogens is 4. The Balaban J connectivity index is 0.000000157. The van der Waals surface area contributed by atoms with Crippen LogP contribution >= 0.6 is 0 Å². The number of nitrogens with zero attached hydrogens (tertiary/aromatic N) is 4. The van der Waals surface area contributed by atoms with Gasteiger partial charge in [-0.1, -0.05) is 0 Å². The minimum atomic E-state index is -1.08. The highest BCUT2D eigenvalue weighted by Crippen LogP contribution is 2.28. The van der Waals surface area contributed by atoms with Crippen molar-refractivity contribution in [2.45, 2.75) is 25.0 Å². The lowest BCUT2D eigenvalue weighted by Gasteiger charge is -2.34. The zero-order valence-electron chi connectivity index (χ0n) is 18.9. The van der Waals surface area contributed by atoms with Crippen LogP contribution in [0.25, 0.3) is 11.3 Å². The molecule has 0 aromatic carbocycles. The Kier molecular flexibility index (Phi) is 7.06. The number of pyridine rings is 2. The van der Waals surface area contributed by atoms with Crippen LogP contribution in [-0.2, 0) is 25.4 Å². The Bertz CT molecular complexity index is 1180. The second kappa shape index (κ2) is 9.98. The van der Waals surface area contributed by atoms with Gasteiger partial charge < -0.3 is 33.2 Å². The SMILES string of the molecule is CC(O)(COCCO)c1ccn2ccnc2c1.CC1(c2ccn3ccnc3c2)COCCO1. The summed E-state index contributed by atoms with van der Waals surface area (Å²) in [7, 11) is 0. The molecule has 0 spiro atoms. The lowest BCUT2D eigenvalue weighted by Crippen LogP contribution is -2.37. The van der Waals surface area contributed by atoms with Crippen molar-refractivity contribution in [3.8, 4) is 0 Å². The van der Waals surface area contributed by atoms with E-state index in [-0.39, 0.29) is 25.4 Å². The summed E-state index contributed by atoms with van der Waals surface area (Å²) in [6, 6.07) is 7.76. The Morgan fingerprint density at radius 1 is 1.06 bits per heavy atom. The highest BCUT2D eigenvalue weighted by atomic mass is 16.6. The van der Waals surface area contributed by atoms with E-state index >= 15 is 0 Å². The maximum Gasteiger partial charge on any atom is 0.137 e. The predicted octanol–water partition coefficient (Wildman–Crippen LogP) is 2.15. The Hall–Kier alpha value is -2.82. The fourth-order valence-corrected chi connectivity index (χ4v) is 3.70. The van der Waals surface area contributed by atoms with Gasteiger partial charge in [0.25, 0.3) is 0 Å². The van der Waals surface area contributed by atoms with Crippen LogP contribution in [0, 0.1) is 0 Å². The van der Waals surface area contributed by atoms with E-state index in [0.717, 1.165) is 22.4 Å². The van der Waals surface area contributed by atoms with Gasteiger partial charge in [0.15, 0.2) is 0 Å². The summed E-state index contributed by atoms with van der Waals surface area (Å²) in [5.41, 5.74) is 2.16. The zero-order valence-corrected chi connectivity index (χ0v) is 18.9. The molecule has 9 nitrogen and oxygen atoms in total. The van der Waals surface area contributed by atoms with Crippen LogP contribution in [0.4, 0.5) is 0 Å². The second-order valence-electron chi connectivity index (χ2n) is 8.40. The first-order valence-corrected chi connectivity index (χ1v) is 10.9. The molecule has 0 saturated carbocycles. The van der Waals surface area contributed by atoms with Crippen molar-refractivity contribution in [3.63, 3.8) is 0 Å². The molecule has 4 aromatic rings. The van der Waals surface area contributed by atoms with Crippen LogP contribution < -0.4 is 0 Å². The van der Waals surface area contributed by atoms with E-state index in [1.54, 1.807) is 19.3 Å². The normalized spacial score (nSPS) is 20.4. The van der Waals surface area contributed by atoms with Crippen molar-refractivity contribution >= 4 is 11.3 Å². The van der Waals surface area contributed by atoms with Crippen LogP contribution in [0.2, 0.25) is 0 Å². The first kappa shape index (κ1) is 23.3. The van der Waals surface area contributed by atoms with Gasteiger partial charge in [0.1, 0.15) is 22.5 Å². The molecule has 1 aliphatic heterocycles. The number of fused-ring (bicyclic) bond motifs is 2. The molecule has 0 radical (unpaired) electrons. The van der Waals surface area contributed by atoms with Crippen LogP contribution in [0.3, 0.4) is 0 Å². The summed E-state index contributed by atoms with van der Waals surface area (Å²) in [6.45, 7) is 5.99. The summed E-state index contributed by atoms with van der Waals surface area (Å²) < 4.78 is 20.3. The smallest absolute Gasteiger partial charge is 0.137 e. The molecule has 0 aliphatic carbocycles. The Morgan fingerprint density at radius 3 is 2.42 bits per heavy atom. The molecule has 5 rings (SSSR count). The molecular formula is C24H30N4O5. The number of hydrogen-bond donors (Lipinski definition) is 2. The third kappa shape index (κ3) is 5.40. The molecule has 5 heterocycles. The number of aliphatic hydroxyl groups is 2. The van der Waals surface area contributed by atoms with Gasteiger partial charge in [0.05, 0.1) is 39.6 Å². The molecule has 9 heteroatoms. The van der Waals surface area contributed by atoms with E-state index in [1.807, 2.05) is 45.7 Å². The van der Waals surface area contributed by atoms with Crippen molar-refractivity contribution in [2.24, 2.45) is 0 Å². The van der Waals surface area contributed by atoms with Gasteiger partial charge in [-0.05, 0) is 49.2 Å². The van der Waals surface area contributed by atoms with Gasteiger partial charge in [0.2, 0.25) is 0 Å². The largest absolute Gasteiger partial charge is 0.394 e. The van der Waals surface area contributed by atoms with E-state index in [0.29, 0.717) is 19.8 Å². The van der Waals surface area contributed by atoms with Crippen LogP contribution in [0.5, 0.6) is 0 Å². The zero-order chi connectivity index (χ0) is 23.3. The number of rotatable bonds is 6. The quantitative estimate of drug-likeness (QED) is 0.430. The van der Waals surface area contributed by atoms with Crippen LogP contribution in [-0.4, -0.2) is 68.6 Å². The molecule has 0 amide bonds. The third-order valence-electron chi connectivity index (χ3n) is 5.67. The molecule has 2 N–H and O–H groups in total. The van der Waals surface area contributed by atoms with Gasteiger partial charge in [-0.2, -0.15) is 0 Å². The molecule has 33 heavy (non-hydrogen) atoms. The third-order valence-corrected chi connectivity index (χ3v) is 5.67. The van der Waals surface area contributed by atoms with E-state index in [4.69, 9.17) is 19.3 Å². The molecule has 2 atom stereocenters. The van der Waals surface area contributed by atoms with Crippen molar-refractivity contribution in [1.82, 2.24) is 18.8 Å². The summed E-state index contributed by atoms with van der Waals surface area (Å²) in [5, 5.41) is 18.9. The second-order valence-corrected chi connectivity index (χ2v) is 8.40. The number of hydrogen-bond acceptors (Lipinski definition) is 7. The standard InChI is InChI=1S/C12H16N2O3.C12H14N2O2/c1-12(16,9-17-7-6-15)10-2-4-14-5-3-13-11(14)8-10;1-12(9-15-6-7-16-12)10-2-4-14-5-3-13-11(14)8-10/h2-5,8,15-16H,6-7,9H2,1H3;2-5,8H,6-7,9H2,1H3. The highest BCUT2D eigenvalue weighted by molar-refractivity contribution is 5.44. The molecule has 1 saturated heterocycles. The maximum atomic E-state index is 10.3. The Morgan fingerprint density at radius 2 is 1.76 bits per heavy atom. The van der Waals surface area contributed by atoms with E-state index in [2.05, 4.69) is 29.0 Å².